The van der Waals surface area contributed by atoms with Crippen molar-refractivity contribution in [2.75, 3.05) is 0 Å². The molecule has 0 unspecified atom stereocenters. The zero-order valence-corrected chi connectivity index (χ0v) is 20.7. The Bertz CT molecular complexity index is 107. The van der Waals surface area contributed by atoms with E-state index >= 15 is 0 Å². The van der Waals surface area contributed by atoms with Crippen LogP contribution in [-0.4, -0.2) is 43.5 Å². The largest absolute Gasteiger partial charge is 0.261 e. The minimum Gasteiger partial charge on any atom is -0.106 e. The molecular formula is C18H45Al3. The van der Waals surface area contributed by atoms with Crippen molar-refractivity contribution in [3.05, 3.63) is 13.2 Å². The number of hydrogen-bond acceptors (Lipinski definition) is 0. The van der Waals surface area contributed by atoms with Crippen LogP contribution in [0.1, 0.15) is 55.4 Å². The minimum absolute atomic E-state index is 0.171. The average Bonchev–Trinajstić information content (AvgIpc) is 2.55. The van der Waals surface area contributed by atoms with Gasteiger partial charge in [0.25, 0.3) is 28.3 Å². The molecule has 0 aliphatic carbocycles. The molecule has 0 rings (SSSR count). The highest BCUT2D eigenvalue weighted by atomic mass is 27.2. The molecule has 3 heteroatoms. The Balaban J connectivity index is -0.0000000986. The SMILES string of the molecule is C=C.C[CH2][AlH][CH2]C.C[CH2][Al]([CH2]C)[CH2]C.C[CH2][Al]([CH2]C)[CH2]C. The molecule has 0 aliphatic heterocycles. The Morgan fingerprint density at radius 3 is 0.714 bits per heavy atom. The average molecular weight is 343 g/mol. The van der Waals surface area contributed by atoms with Gasteiger partial charge in [-0.15, -0.1) is 23.7 Å². The summed E-state index contributed by atoms with van der Waals surface area (Å²) in [4.78, 5) is 0. The van der Waals surface area contributed by atoms with E-state index in [1.807, 2.05) is 0 Å². The van der Waals surface area contributed by atoms with Crippen molar-refractivity contribution in [1.29, 1.82) is 0 Å². The van der Waals surface area contributed by atoms with Crippen LogP contribution in [0, 0.1) is 0 Å². The van der Waals surface area contributed by atoms with Crippen LogP contribution in [-0.2, 0) is 0 Å². The smallest absolute Gasteiger partial charge is 0.106 e. The molecule has 0 aromatic rings. The predicted octanol–water partition coefficient (Wildman–Crippen LogP) is 7.18. The quantitative estimate of drug-likeness (QED) is 0.323. The molecule has 0 atom stereocenters. The van der Waals surface area contributed by atoms with Gasteiger partial charge in [0.2, 0.25) is 15.2 Å². The first kappa shape index (κ1) is 30.2. The maximum Gasteiger partial charge on any atom is 0.261 e. The molecule has 0 fully saturated rings. The first-order valence-electron chi connectivity index (χ1n) is 9.61. The van der Waals surface area contributed by atoms with Gasteiger partial charge in [-0.2, -0.15) is 0 Å². The monoisotopic (exact) mass is 342 g/mol. The maximum atomic E-state index is 3.00. The molecule has 21 heavy (non-hydrogen) atoms. The Morgan fingerprint density at radius 2 is 0.714 bits per heavy atom. The van der Waals surface area contributed by atoms with Gasteiger partial charge in [0.1, 0.15) is 0 Å². The summed E-state index contributed by atoms with van der Waals surface area (Å²) in [7, 11) is 0. The molecule has 0 saturated carbocycles. The van der Waals surface area contributed by atoms with Gasteiger partial charge in [-0.05, 0) is 0 Å². The van der Waals surface area contributed by atoms with E-state index in [-0.39, 0.29) is 28.3 Å². The molecule has 0 saturated heterocycles. The molecule has 0 heterocycles. The molecule has 0 nitrogen and oxygen atoms in total. The Morgan fingerprint density at radius 1 is 0.524 bits per heavy atom. The second kappa shape index (κ2) is 33.1. The summed E-state index contributed by atoms with van der Waals surface area (Å²) in [5.74, 6) is 0. The van der Waals surface area contributed by atoms with Crippen LogP contribution in [0.25, 0.3) is 0 Å². The van der Waals surface area contributed by atoms with Gasteiger partial charge in [0.15, 0.2) is 0 Å². The summed E-state index contributed by atoms with van der Waals surface area (Å²) < 4.78 is 0. The van der Waals surface area contributed by atoms with Crippen LogP contribution in [0.3, 0.4) is 0 Å². The summed E-state index contributed by atoms with van der Waals surface area (Å²) >= 11 is 0.0895. The van der Waals surface area contributed by atoms with Crippen molar-refractivity contribution in [2.24, 2.45) is 0 Å². The number of hydrogen-bond donors (Lipinski definition) is 0. The Labute approximate surface area is 153 Å². The highest BCUT2D eigenvalue weighted by Gasteiger charge is 2.06. The Kier molecular flexibility index (Phi) is 47.6. The minimum atomic E-state index is -0.171. The normalized spacial score (nSPS) is 8.00. The fraction of sp³-hybridized carbons (Fsp3) is 0.889. The van der Waals surface area contributed by atoms with Crippen molar-refractivity contribution >= 4 is 43.5 Å². The first-order chi connectivity index (χ1) is 10.1. The lowest BCUT2D eigenvalue weighted by molar-refractivity contribution is 1.24. The molecule has 0 N–H and O–H groups in total. The van der Waals surface area contributed by atoms with Crippen LogP contribution < -0.4 is 0 Å². The second-order valence-electron chi connectivity index (χ2n) is 5.54. The van der Waals surface area contributed by atoms with Crippen LogP contribution in [0.5, 0.6) is 0 Å². The standard InChI is InChI=1S/8C2H5.C2H4.3Al.H/c9*1-2;;;;/h8*1H2,2H3;1-2H2;;;;. The molecule has 0 aromatic heterocycles. The lowest BCUT2D eigenvalue weighted by Gasteiger charge is -1.97. The zero-order valence-electron chi connectivity index (χ0n) is 16.9. The van der Waals surface area contributed by atoms with E-state index in [4.69, 9.17) is 0 Å². The second-order valence-corrected chi connectivity index (χ2v) is 16.6. The van der Waals surface area contributed by atoms with Gasteiger partial charge in [-0.25, -0.2) is 0 Å². The molecule has 126 valence electrons. The van der Waals surface area contributed by atoms with E-state index in [0.717, 1.165) is 0 Å². The van der Waals surface area contributed by atoms with E-state index < -0.39 is 0 Å². The lowest BCUT2D eigenvalue weighted by Crippen LogP contribution is -2.04. The highest BCUT2D eigenvalue weighted by molar-refractivity contribution is 6.58. The molecule has 0 radical (unpaired) electrons. The summed E-state index contributed by atoms with van der Waals surface area (Å²) in [5, 5.41) is 11.9. The first-order valence-corrected chi connectivity index (χ1v) is 16.5. The van der Waals surface area contributed by atoms with Crippen molar-refractivity contribution in [1.82, 2.24) is 0 Å². The summed E-state index contributed by atoms with van der Waals surface area (Å²) in [6.45, 7) is 24.5. The molecule has 0 bridgehead atoms. The van der Waals surface area contributed by atoms with Crippen LogP contribution in [0.15, 0.2) is 13.2 Å². The zero-order chi connectivity index (χ0) is 17.5. The van der Waals surface area contributed by atoms with E-state index in [0.29, 0.717) is 15.2 Å². The van der Waals surface area contributed by atoms with Crippen LogP contribution >= 0.6 is 0 Å². The van der Waals surface area contributed by atoms with Gasteiger partial charge in [0, 0.05) is 0 Å². The fourth-order valence-electron chi connectivity index (χ4n) is 2.09. The topological polar surface area (TPSA) is 0 Å². The summed E-state index contributed by atoms with van der Waals surface area (Å²) in [6, 6.07) is 0. The summed E-state index contributed by atoms with van der Waals surface area (Å²) in [6.07, 6.45) is 0. The van der Waals surface area contributed by atoms with Gasteiger partial charge in [0.05, 0.1) is 0 Å². The Hall–Kier alpha value is 1.34. The van der Waals surface area contributed by atoms with Crippen molar-refractivity contribution < 1.29 is 0 Å². The van der Waals surface area contributed by atoms with Crippen molar-refractivity contribution in [3.63, 3.8) is 0 Å². The maximum absolute atomic E-state index is 3.00. The molecule has 0 aliphatic rings. The molecule has 0 aromatic carbocycles. The lowest BCUT2D eigenvalue weighted by atomic mass is 10.9. The molecule has 0 spiro atoms. The van der Waals surface area contributed by atoms with E-state index in [1.54, 1.807) is 0 Å². The third-order valence-corrected chi connectivity index (χ3v) is 12.5. The third-order valence-electron chi connectivity index (χ3n) is 4.17. The predicted molar refractivity (Wildman–Crippen MR) is 114 cm³/mol. The van der Waals surface area contributed by atoms with Crippen molar-refractivity contribution in [2.45, 2.75) is 97.7 Å². The van der Waals surface area contributed by atoms with E-state index in [9.17, 15) is 0 Å². The summed E-state index contributed by atoms with van der Waals surface area (Å²) in [5.41, 5.74) is 0. The molecular weight excluding hydrogens is 297 g/mol. The van der Waals surface area contributed by atoms with Gasteiger partial charge >= 0.3 is 0 Å². The van der Waals surface area contributed by atoms with Crippen molar-refractivity contribution in [3.8, 4) is 0 Å². The third kappa shape index (κ3) is 33.9. The van der Waals surface area contributed by atoms with E-state index in [2.05, 4.69) is 68.5 Å². The van der Waals surface area contributed by atoms with Gasteiger partial charge in [-0.3, -0.25) is 0 Å². The van der Waals surface area contributed by atoms with Gasteiger partial charge in [-0.1, -0.05) is 87.1 Å². The fourth-order valence-corrected chi connectivity index (χ4v) is 6.26. The van der Waals surface area contributed by atoms with Crippen LogP contribution in [0.4, 0.5) is 0 Å². The van der Waals surface area contributed by atoms with E-state index in [1.165, 1.54) is 42.3 Å². The van der Waals surface area contributed by atoms with Gasteiger partial charge < -0.3 is 0 Å². The van der Waals surface area contributed by atoms with Crippen LogP contribution in [0.2, 0.25) is 42.3 Å². The number of rotatable bonds is 8. The molecule has 0 amide bonds. The highest BCUT2D eigenvalue weighted by Crippen LogP contribution is 2.02.